The molecule has 192 valence electrons. The van der Waals surface area contributed by atoms with Crippen molar-refractivity contribution in [2.75, 3.05) is 26.7 Å². The number of carboxylic acid groups (broad SMARTS) is 1. The minimum Gasteiger partial charge on any atom is -0.475 e. The van der Waals surface area contributed by atoms with Gasteiger partial charge in [0.2, 0.25) is 0 Å². The predicted molar refractivity (Wildman–Crippen MR) is 124 cm³/mol. The quantitative estimate of drug-likeness (QED) is 0.577. The number of hydrogen-bond acceptors (Lipinski definition) is 5. The van der Waals surface area contributed by atoms with E-state index in [0.29, 0.717) is 0 Å². The van der Waals surface area contributed by atoms with Gasteiger partial charge in [-0.05, 0) is 32.0 Å². The van der Waals surface area contributed by atoms with E-state index in [-0.39, 0.29) is 11.4 Å². The Morgan fingerprint density at radius 2 is 1.64 bits per heavy atom. The molecule has 4 heterocycles. The molecule has 36 heavy (non-hydrogen) atoms. The van der Waals surface area contributed by atoms with Gasteiger partial charge in [0.1, 0.15) is 5.82 Å². The van der Waals surface area contributed by atoms with Gasteiger partial charge in [-0.15, -0.1) is 0 Å². The van der Waals surface area contributed by atoms with Crippen LogP contribution in [0.1, 0.15) is 29.0 Å². The largest absolute Gasteiger partial charge is 0.490 e. The Morgan fingerprint density at radius 3 is 2.19 bits per heavy atom. The molecule has 1 N–H and O–H groups in total. The lowest BCUT2D eigenvalue weighted by atomic mass is 9.83. The number of amides is 1. The zero-order chi connectivity index (χ0) is 26.1. The van der Waals surface area contributed by atoms with Gasteiger partial charge < -0.3 is 14.6 Å². The van der Waals surface area contributed by atoms with Gasteiger partial charge in [0.05, 0.1) is 23.6 Å². The first kappa shape index (κ1) is 25.4. The molecule has 1 amide bonds. The monoisotopic (exact) mass is 504 g/mol. The van der Waals surface area contributed by atoms with Crippen molar-refractivity contribution in [2.24, 2.45) is 7.05 Å². The maximum atomic E-state index is 12.9. The molecule has 1 aromatic carbocycles. The standard InChI is InChI=1S/C22H26N6O.C2HF3O2/c1-25-12-13-28-19(18-14-24-26(2)16-18)15-23-21(28)22(25)8-10-27(11-9-22)20(29)17-6-4-3-5-7-17;3-2(4,5)1(6)7/h3-7,14-16H,8-13H2,1-2H3;(H,6,7). The summed E-state index contributed by atoms with van der Waals surface area (Å²) in [4.78, 5) is 31.1. The van der Waals surface area contributed by atoms with Gasteiger partial charge in [-0.3, -0.25) is 14.4 Å². The SMILES string of the molecule is CN1CCn2c(-c3cnn(C)c3)cnc2C12CCN(C(=O)c1ccccc1)CC2.O=C(O)C(F)(F)F. The second-order valence-corrected chi connectivity index (χ2v) is 8.94. The number of aliphatic carboxylic acids is 1. The molecule has 0 bridgehead atoms. The van der Waals surface area contributed by atoms with Crippen molar-refractivity contribution in [2.45, 2.75) is 31.1 Å². The average molecular weight is 505 g/mol. The maximum absolute atomic E-state index is 12.9. The van der Waals surface area contributed by atoms with Gasteiger partial charge in [0.25, 0.3) is 5.91 Å². The first-order chi connectivity index (χ1) is 17.0. The molecule has 0 radical (unpaired) electrons. The lowest BCUT2D eigenvalue weighted by Gasteiger charge is -2.49. The number of benzene rings is 1. The number of carbonyl (C=O) groups excluding carboxylic acids is 1. The first-order valence-corrected chi connectivity index (χ1v) is 11.4. The molecule has 0 saturated carbocycles. The molecule has 1 fully saturated rings. The van der Waals surface area contributed by atoms with Crippen LogP contribution in [0.15, 0.2) is 48.9 Å². The number of halogens is 3. The fourth-order valence-electron chi connectivity index (χ4n) is 4.84. The summed E-state index contributed by atoms with van der Waals surface area (Å²) in [5.74, 6) is -1.51. The molecule has 2 aliphatic heterocycles. The first-order valence-electron chi connectivity index (χ1n) is 11.4. The molecular weight excluding hydrogens is 477 g/mol. The van der Waals surface area contributed by atoms with Crippen LogP contribution in [0.3, 0.4) is 0 Å². The number of likely N-dealkylation sites (N-methyl/N-ethyl adjacent to an activating group) is 1. The molecule has 0 aliphatic carbocycles. The second-order valence-electron chi connectivity index (χ2n) is 8.94. The van der Waals surface area contributed by atoms with E-state index in [1.807, 2.05) is 65.6 Å². The van der Waals surface area contributed by atoms with E-state index in [0.717, 1.165) is 61.7 Å². The summed E-state index contributed by atoms with van der Waals surface area (Å²) in [5, 5.41) is 11.4. The average Bonchev–Trinajstić information content (AvgIpc) is 3.48. The third kappa shape index (κ3) is 4.85. The van der Waals surface area contributed by atoms with Crippen LogP contribution in [0, 0.1) is 0 Å². The van der Waals surface area contributed by atoms with E-state index >= 15 is 0 Å². The lowest BCUT2D eigenvalue weighted by molar-refractivity contribution is -0.192. The molecule has 2 aromatic heterocycles. The topological polar surface area (TPSA) is 96.5 Å². The molecule has 12 heteroatoms. The van der Waals surface area contributed by atoms with Crippen LogP contribution in [0.2, 0.25) is 0 Å². The van der Waals surface area contributed by atoms with Crippen LogP contribution in [0.25, 0.3) is 11.3 Å². The summed E-state index contributed by atoms with van der Waals surface area (Å²) >= 11 is 0. The Hall–Kier alpha value is -3.67. The summed E-state index contributed by atoms with van der Waals surface area (Å²) in [7, 11) is 4.13. The molecule has 0 atom stereocenters. The zero-order valence-electron chi connectivity index (χ0n) is 19.9. The summed E-state index contributed by atoms with van der Waals surface area (Å²) in [6, 6.07) is 9.58. The fourth-order valence-corrected chi connectivity index (χ4v) is 4.84. The third-order valence-corrected chi connectivity index (χ3v) is 6.80. The van der Waals surface area contributed by atoms with Crippen LogP contribution >= 0.6 is 0 Å². The Labute approximate surface area is 205 Å². The van der Waals surface area contributed by atoms with Crippen LogP contribution in [0.5, 0.6) is 0 Å². The molecule has 9 nitrogen and oxygen atoms in total. The van der Waals surface area contributed by atoms with Crippen LogP contribution in [-0.4, -0.2) is 79.0 Å². The summed E-state index contributed by atoms with van der Waals surface area (Å²) in [6.45, 7) is 3.38. The lowest BCUT2D eigenvalue weighted by Crippen LogP contribution is -2.57. The second kappa shape index (κ2) is 9.76. The van der Waals surface area contributed by atoms with Crippen LogP contribution in [-0.2, 0) is 23.9 Å². The van der Waals surface area contributed by atoms with Crippen LogP contribution < -0.4 is 0 Å². The smallest absolute Gasteiger partial charge is 0.475 e. The Bertz CT molecular complexity index is 1230. The van der Waals surface area contributed by atoms with Gasteiger partial charge in [0.15, 0.2) is 0 Å². The van der Waals surface area contributed by atoms with Crippen molar-refractivity contribution in [1.29, 1.82) is 0 Å². The minimum absolute atomic E-state index is 0.119. The molecule has 1 spiro atoms. The number of nitrogens with zero attached hydrogens (tertiary/aromatic N) is 6. The van der Waals surface area contributed by atoms with E-state index < -0.39 is 12.1 Å². The molecule has 3 aromatic rings. The third-order valence-electron chi connectivity index (χ3n) is 6.80. The van der Waals surface area contributed by atoms with E-state index in [1.54, 1.807) is 0 Å². The minimum atomic E-state index is -5.08. The molecule has 5 rings (SSSR count). The highest BCUT2D eigenvalue weighted by Crippen LogP contribution is 2.41. The molecule has 0 unspecified atom stereocenters. The Kier molecular flexibility index (Phi) is 6.90. The fraction of sp³-hybridized carbons (Fsp3) is 0.417. The predicted octanol–water partition coefficient (Wildman–Crippen LogP) is 2.99. The highest BCUT2D eigenvalue weighted by atomic mass is 19.4. The van der Waals surface area contributed by atoms with Crippen molar-refractivity contribution in [3.05, 3.63) is 60.3 Å². The van der Waals surface area contributed by atoms with Crippen molar-refractivity contribution in [3.8, 4) is 11.3 Å². The number of imidazole rings is 1. The van der Waals surface area contributed by atoms with Crippen LogP contribution in [0.4, 0.5) is 13.2 Å². The van der Waals surface area contributed by atoms with E-state index in [4.69, 9.17) is 14.9 Å². The Morgan fingerprint density at radius 1 is 1.00 bits per heavy atom. The number of piperidine rings is 1. The Balaban J connectivity index is 0.000000384. The summed E-state index contributed by atoms with van der Waals surface area (Å²) < 4.78 is 35.9. The normalized spacial score (nSPS) is 17.3. The highest BCUT2D eigenvalue weighted by Gasteiger charge is 2.46. The number of hydrogen-bond donors (Lipinski definition) is 1. The number of rotatable bonds is 2. The van der Waals surface area contributed by atoms with Gasteiger partial charge >= 0.3 is 12.1 Å². The number of carboxylic acids is 1. The zero-order valence-corrected chi connectivity index (χ0v) is 19.9. The van der Waals surface area contributed by atoms with E-state index in [1.165, 1.54) is 0 Å². The van der Waals surface area contributed by atoms with Gasteiger partial charge in [-0.2, -0.15) is 18.3 Å². The van der Waals surface area contributed by atoms with Crippen molar-refractivity contribution in [3.63, 3.8) is 0 Å². The van der Waals surface area contributed by atoms with Crippen molar-refractivity contribution < 1.29 is 27.9 Å². The van der Waals surface area contributed by atoms with Gasteiger partial charge in [-0.25, -0.2) is 9.78 Å². The number of aryl methyl sites for hydroxylation is 1. The number of carbonyl (C=O) groups is 2. The van der Waals surface area contributed by atoms with E-state index in [9.17, 15) is 18.0 Å². The van der Waals surface area contributed by atoms with Crippen molar-refractivity contribution in [1.82, 2.24) is 29.1 Å². The molecule has 1 saturated heterocycles. The summed E-state index contributed by atoms with van der Waals surface area (Å²) in [5.41, 5.74) is 2.87. The highest BCUT2D eigenvalue weighted by molar-refractivity contribution is 5.94. The van der Waals surface area contributed by atoms with Gasteiger partial charge in [0, 0.05) is 50.6 Å². The van der Waals surface area contributed by atoms with Gasteiger partial charge in [-0.1, -0.05) is 18.2 Å². The number of alkyl halides is 3. The number of likely N-dealkylation sites (tertiary alicyclic amines) is 1. The summed E-state index contributed by atoms with van der Waals surface area (Å²) in [6.07, 6.45) is 2.62. The molecule has 2 aliphatic rings. The maximum Gasteiger partial charge on any atom is 0.490 e. The number of aromatic nitrogens is 4. The van der Waals surface area contributed by atoms with E-state index in [2.05, 4.69) is 21.6 Å². The number of fused-ring (bicyclic) bond motifs is 2. The van der Waals surface area contributed by atoms with Crippen molar-refractivity contribution >= 4 is 11.9 Å². The molecular formula is C24H27F3N6O3.